The number of methoxy groups -OCH3 is 1. The highest BCUT2D eigenvalue weighted by atomic mass is 32.1. The van der Waals surface area contributed by atoms with Gasteiger partial charge in [-0.3, -0.25) is 25.2 Å². The summed E-state index contributed by atoms with van der Waals surface area (Å²) in [5.74, 6) is -0.277. The SMILES string of the molecule is COc1cc(C=O)ccc1OCC(=O)NNC(=O)c1cccs1. The van der Waals surface area contributed by atoms with Gasteiger partial charge in [-0.15, -0.1) is 11.3 Å². The molecule has 0 aliphatic rings. The molecule has 0 atom stereocenters. The van der Waals surface area contributed by atoms with Gasteiger partial charge in [0.05, 0.1) is 12.0 Å². The van der Waals surface area contributed by atoms with Crippen molar-refractivity contribution in [2.45, 2.75) is 0 Å². The smallest absolute Gasteiger partial charge is 0.279 e. The number of ether oxygens (including phenoxy) is 2. The van der Waals surface area contributed by atoms with E-state index in [1.54, 1.807) is 23.6 Å². The van der Waals surface area contributed by atoms with Crippen LogP contribution >= 0.6 is 11.3 Å². The molecule has 1 aromatic heterocycles. The van der Waals surface area contributed by atoms with Crippen LogP contribution in [0.3, 0.4) is 0 Å². The molecule has 0 fully saturated rings. The lowest BCUT2D eigenvalue weighted by Crippen LogP contribution is -2.43. The number of hydrogen-bond acceptors (Lipinski definition) is 6. The summed E-state index contributed by atoms with van der Waals surface area (Å²) in [4.78, 5) is 34.5. The van der Waals surface area contributed by atoms with E-state index < -0.39 is 11.8 Å². The number of nitrogens with one attached hydrogen (secondary N) is 2. The van der Waals surface area contributed by atoms with Crippen molar-refractivity contribution >= 4 is 29.4 Å². The Morgan fingerprint density at radius 2 is 2.04 bits per heavy atom. The molecule has 2 amide bonds. The van der Waals surface area contributed by atoms with Crippen molar-refractivity contribution in [3.63, 3.8) is 0 Å². The zero-order valence-corrected chi connectivity index (χ0v) is 13.0. The Bertz CT molecular complexity index is 700. The molecule has 2 N–H and O–H groups in total. The number of rotatable bonds is 6. The number of hydrazine groups is 1. The molecule has 0 bridgehead atoms. The van der Waals surface area contributed by atoms with Crippen molar-refractivity contribution in [1.29, 1.82) is 0 Å². The van der Waals surface area contributed by atoms with Crippen molar-refractivity contribution < 1.29 is 23.9 Å². The van der Waals surface area contributed by atoms with Crippen molar-refractivity contribution in [2.24, 2.45) is 0 Å². The van der Waals surface area contributed by atoms with Gasteiger partial charge in [-0.25, -0.2) is 0 Å². The van der Waals surface area contributed by atoms with Gasteiger partial charge < -0.3 is 9.47 Å². The van der Waals surface area contributed by atoms with Crippen LogP contribution in [0.4, 0.5) is 0 Å². The molecule has 120 valence electrons. The van der Waals surface area contributed by atoms with Crippen LogP contribution < -0.4 is 20.3 Å². The predicted molar refractivity (Wildman–Crippen MR) is 83.8 cm³/mol. The van der Waals surface area contributed by atoms with Gasteiger partial charge in [0.2, 0.25) is 0 Å². The highest BCUT2D eigenvalue weighted by Gasteiger charge is 2.10. The molecule has 0 radical (unpaired) electrons. The maximum atomic E-state index is 11.7. The molecule has 0 saturated heterocycles. The van der Waals surface area contributed by atoms with E-state index in [9.17, 15) is 14.4 Å². The number of carbonyl (C=O) groups excluding carboxylic acids is 3. The van der Waals surface area contributed by atoms with Crippen LogP contribution in [0.25, 0.3) is 0 Å². The first-order chi connectivity index (χ1) is 11.1. The fourth-order valence-electron chi connectivity index (χ4n) is 1.65. The maximum Gasteiger partial charge on any atom is 0.279 e. The van der Waals surface area contributed by atoms with Crippen LogP contribution in [-0.4, -0.2) is 31.8 Å². The first-order valence-corrected chi connectivity index (χ1v) is 7.40. The first kappa shape index (κ1) is 16.5. The highest BCUT2D eigenvalue weighted by molar-refractivity contribution is 7.12. The van der Waals surface area contributed by atoms with Gasteiger partial charge in [-0.05, 0) is 29.6 Å². The first-order valence-electron chi connectivity index (χ1n) is 6.52. The van der Waals surface area contributed by atoms with Crippen molar-refractivity contribution in [1.82, 2.24) is 10.9 Å². The third-order valence-electron chi connectivity index (χ3n) is 2.74. The van der Waals surface area contributed by atoms with Gasteiger partial charge >= 0.3 is 0 Å². The summed E-state index contributed by atoms with van der Waals surface area (Å²) in [7, 11) is 1.43. The molecular formula is C15H14N2O5S. The Balaban J connectivity index is 1.84. The van der Waals surface area contributed by atoms with Crippen molar-refractivity contribution in [3.8, 4) is 11.5 Å². The van der Waals surface area contributed by atoms with Gasteiger partial charge in [0.1, 0.15) is 6.29 Å². The second-order valence-corrected chi connectivity index (χ2v) is 5.24. The quantitative estimate of drug-likeness (QED) is 0.615. The molecule has 2 aromatic rings. The Hall–Kier alpha value is -2.87. The number of hydrogen-bond donors (Lipinski definition) is 2. The summed E-state index contributed by atoms with van der Waals surface area (Å²) in [6.45, 7) is -0.318. The number of benzene rings is 1. The minimum absolute atomic E-state index is 0.317. The Morgan fingerprint density at radius 1 is 1.22 bits per heavy atom. The molecule has 23 heavy (non-hydrogen) atoms. The van der Waals surface area contributed by atoms with E-state index in [0.717, 1.165) is 0 Å². The molecule has 7 nitrogen and oxygen atoms in total. The Labute approximate surface area is 136 Å². The third-order valence-corrected chi connectivity index (χ3v) is 3.61. The molecule has 8 heteroatoms. The lowest BCUT2D eigenvalue weighted by molar-refractivity contribution is -0.123. The zero-order chi connectivity index (χ0) is 16.7. The van der Waals surface area contributed by atoms with Crippen LogP contribution in [0.15, 0.2) is 35.7 Å². The van der Waals surface area contributed by atoms with E-state index in [1.165, 1.54) is 30.6 Å². The number of amides is 2. The van der Waals surface area contributed by atoms with Gasteiger partial charge in [0.25, 0.3) is 11.8 Å². The summed E-state index contributed by atoms with van der Waals surface area (Å²) >= 11 is 1.26. The minimum atomic E-state index is -0.531. The van der Waals surface area contributed by atoms with Crippen molar-refractivity contribution in [2.75, 3.05) is 13.7 Å². The summed E-state index contributed by atoms with van der Waals surface area (Å²) in [6, 6.07) is 7.95. The average Bonchev–Trinajstić information content (AvgIpc) is 3.12. The average molecular weight is 334 g/mol. The fourth-order valence-corrected chi connectivity index (χ4v) is 2.27. The summed E-state index contributed by atoms with van der Waals surface area (Å²) in [6.07, 6.45) is 0.680. The third kappa shape index (κ3) is 4.55. The minimum Gasteiger partial charge on any atom is -0.493 e. The number of carbonyl (C=O) groups is 3. The van der Waals surface area contributed by atoms with E-state index in [0.29, 0.717) is 28.2 Å². The lowest BCUT2D eigenvalue weighted by atomic mass is 10.2. The second kappa shape index (κ2) is 7.95. The lowest BCUT2D eigenvalue weighted by Gasteiger charge is -2.11. The van der Waals surface area contributed by atoms with Crippen LogP contribution in [0.1, 0.15) is 20.0 Å². The van der Waals surface area contributed by atoms with E-state index in [2.05, 4.69) is 10.9 Å². The molecular weight excluding hydrogens is 320 g/mol. The largest absolute Gasteiger partial charge is 0.493 e. The van der Waals surface area contributed by atoms with E-state index in [1.807, 2.05) is 0 Å². The van der Waals surface area contributed by atoms with Gasteiger partial charge in [0.15, 0.2) is 18.1 Å². The van der Waals surface area contributed by atoms with E-state index in [4.69, 9.17) is 9.47 Å². The molecule has 0 unspecified atom stereocenters. The number of aldehydes is 1. The maximum absolute atomic E-state index is 11.7. The zero-order valence-electron chi connectivity index (χ0n) is 12.2. The molecule has 0 aliphatic carbocycles. The van der Waals surface area contributed by atoms with Crippen LogP contribution in [0.5, 0.6) is 11.5 Å². The van der Waals surface area contributed by atoms with E-state index >= 15 is 0 Å². The second-order valence-electron chi connectivity index (χ2n) is 4.30. The number of thiophene rings is 1. The monoisotopic (exact) mass is 334 g/mol. The van der Waals surface area contributed by atoms with Crippen LogP contribution in [-0.2, 0) is 4.79 Å². The molecule has 0 aliphatic heterocycles. The van der Waals surface area contributed by atoms with E-state index in [-0.39, 0.29) is 6.61 Å². The highest BCUT2D eigenvalue weighted by Crippen LogP contribution is 2.27. The van der Waals surface area contributed by atoms with Gasteiger partial charge in [0, 0.05) is 5.56 Å². The fraction of sp³-hybridized carbons (Fsp3) is 0.133. The Kier molecular flexibility index (Phi) is 5.70. The molecule has 1 heterocycles. The summed E-state index contributed by atoms with van der Waals surface area (Å²) in [5.41, 5.74) is 4.96. The van der Waals surface area contributed by atoms with Crippen molar-refractivity contribution in [3.05, 3.63) is 46.2 Å². The molecule has 0 spiro atoms. The normalized spacial score (nSPS) is 9.78. The molecule has 1 aromatic carbocycles. The Morgan fingerprint density at radius 3 is 2.70 bits per heavy atom. The molecule has 2 rings (SSSR count). The topological polar surface area (TPSA) is 93.7 Å². The summed E-state index contributed by atoms with van der Waals surface area (Å²) in [5, 5.41) is 1.76. The standard InChI is InChI=1S/C15H14N2O5S/c1-21-12-7-10(8-18)4-5-11(12)22-9-14(19)16-17-15(20)13-3-2-6-23-13/h2-8H,9H2,1H3,(H,16,19)(H,17,20). The van der Waals surface area contributed by atoms with Crippen LogP contribution in [0, 0.1) is 0 Å². The van der Waals surface area contributed by atoms with Crippen LogP contribution in [0.2, 0.25) is 0 Å². The predicted octanol–water partition coefficient (Wildman–Crippen LogP) is 1.41. The summed E-state index contributed by atoms with van der Waals surface area (Å²) < 4.78 is 10.4. The van der Waals surface area contributed by atoms with Gasteiger partial charge in [-0.1, -0.05) is 6.07 Å². The van der Waals surface area contributed by atoms with Gasteiger partial charge in [-0.2, -0.15) is 0 Å². The molecule has 0 saturated carbocycles.